The van der Waals surface area contributed by atoms with E-state index in [1.165, 1.54) is 46.5 Å². The molecule has 9 heteroatoms. The molecular weight excluding hydrogens is 427 g/mol. The van der Waals surface area contributed by atoms with Gasteiger partial charge < -0.3 is 9.47 Å². The number of hydrogen-bond acceptors (Lipinski definition) is 7. The first-order chi connectivity index (χ1) is 14.6. The van der Waals surface area contributed by atoms with Crippen LogP contribution < -0.4 is 10.3 Å². The van der Waals surface area contributed by atoms with Gasteiger partial charge in [-0.15, -0.1) is 22.7 Å². The van der Waals surface area contributed by atoms with E-state index < -0.39 is 5.97 Å². The maximum Gasteiger partial charge on any atom is 0.326 e. The number of thiophene rings is 2. The van der Waals surface area contributed by atoms with Crippen molar-refractivity contribution < 1.29 is 18.7 Å². The van der Waals surface area contributed by atoms with E-state index in [2.05, 4.69) is 4.98 Å². The number of carbonyl (C=O) groups is 1. The van der Waals surface area contributed by atoms with Gasteiger partial charge in [0.05, 0.1) is 24.9 Å². The lowest BCUT2D eigenvalue weighted by molar-refractivity contribution is -0.144. The maximum atomic E-state index is 12.9. The van der Waals surface area contributed by atoms with Crippen molar-refractivity contribution in [3.63, 3.8) is 0 Å². The average Bonchev–Trinajstić information content (AvgIpc) is 3.41. The summed E-state index contributed by atoms with van der Waals surface area (Å²) in [5.41, 5.74) is 0.574. The third-order valence-electron chi connectivity index (χ3n) is 4.28. The highest BCUT2D eigenvalue weighted by Gasteiger charge is 2.15. The first kappa shape index (κ1) is 20.2. The first-order valence-electron chi connectivity index (χ1n) is 9.16. The Kier molecular flexibility index (Phi) is 6.20. The number of rotatable bonds is 8. The summed E-state index contributed by atoms with van der Waals surface area (Å²) in [5.74, 6) is -0.303. The molecule has 3 aromatic heterocycles. The number of benzene rings is 1. The molecule has 0 unspecified atom stereocenters. The second kappa shape index (κ2) is 9.19. The second-order valence-corrected chi connectivity index (χ2v) is 8.17. The van der Waals surface area contributed by atoms with Gasteiger partial charge >= 0.3 is 5.97 Å². The molecule has 0 N–H and O–H groups in total. The summed E-state index contributed by atoms with van der Waals surface area (Å²) >= 11 is 2.95. The maximum absolute atomic E-state index is 12.9. The Labute approximate surface area is 179 Å². The second-order valence-electron chi connectivity index (χ2n) is 6.36. The van der Waals surface area contributed by atoms with Crippen LogP contribution in [0.5, 0.6) is 5.75 Å². The van der Waals surface area contributed by atoms with Gasteiger partial charge in [-0.05, 0) is 35.7 Å². The van der Waals surface area contributed by atoms with Gasteiger partial charge in [0.15, 0.2) is 0 Å². The Balaban J connectivity index is 1.33. The van der Waals surface area contributed by atoms with Crippen LogP contribution in [0.1, 0.15) is 6.42 Å². The van der Waals surface area contributed by atoms with Gasteiger partial charge in [0.2, 0.25) is 0 Å². The van der Waals surface area contributed by atoms with E-state index in [4.69, 9.17) is 9.47 Å². The molecule has 0 fully saturated rings. The lowest BCUT2D eigenvalue weighted by atomic mass is 10.2. The van der Waals surface area contributed by atoms with E-state index in [0.29, 0.717) is 29.0 Å². The molecule has 0 aliphatic carbocycles. The number of halogens is 1. The molecule has 0 aliphatic rings. The Hall–Kier alpha value is -3.04. The number of carbonyl (C=O) groups excluding carboxylic acids is 1. The molecule has 4 aromatic rings. The van der Waals surface area contributed by atoms with Crippen molar-refractivity contribution in [2.24, 2.45) is 0 Å². The third-order valence-corrected chi connectivity index (χ3v) is 6.07. The van der Waals surface area contributed by atoms with Crippen LogP contribution in [-0.4, -0.2) is 28.7 Å². The van der Waals surface area contributed by atoms with E-state index in [1.807, 2.05) is 22.9 Å². The summed E-state index contributed by atoms with van der Waals surface area (Å²) in [7, 11) is 0. The number of aromatic nitrogens is 2. The van der Waals surface area contributed by atoms with Gasteiger partial charge in [-0.2, -0.15) is 0 Å². The molecule has 6 nitrogen and oxygen atoms in total. The zero-order valence-corrected chi connectivity index (χ0v) is 17.4. The largest absolute Gasteiger partial charge is 0.493 e. The van der Waals surface area contributed by atoms with Crippen molar-refractivity contribution in [2.75, 3.05) is 13.2 Å². The van der Waals surface area contributed by atoms with Gasteiger partial charge in [0, 0.05) is 22.2 Å². The highest BCUT2D eigenvalue weighted by Crippen LogP contribution is 2.33. The topological polar surface area (TPSA) is 70.4 Å². The van der Waals surface area contributed by atoms with E-state index in [1.54, 1.807) is 11.3 Å². The smallest absolute Gasteiger partial charge is 0.326 e. The zero-order chi connectivity index (χ0) is 20.9. The molecule has 0 saturated heterocycles. The van der Waals surface area contributed by atoms with E-state index >= 15 is 0 Å². The average molecular weight is 445 g/mol. The quantitative estimate of drug-likeness (QED) is 0.299. The van der Waals surface area contributed by atoms with Crippen LogP contribution in [0.2, 0.25) is 0 Å². The highest BCUT2D eigenvalue weighted by molar-refractivity contribution is 7.18. The van der Waals surface area contributed by atoms with Crippen LogP contribution in [0, 0.1) is 5.82 Å². The summed E-state index contributed by atoms with van der Waals surface area (Å²) in [5, 5.41) is 4.38. The lowest BCUT2D eigenvalue weighted by Crippen LogP contribution is -2.26. The number of fused-ring (bicyclic) bond motifs is 1. The summed E-state index contributed by atoms with van der Waals surface area (Å²) in [6.45, 7) is 0.273. The van der Waals surface area contributed by atoms with E-state index in [9.17, 15) is 14.0 Å². The van der Waals surface area contributed by atoms with Crippen LogP contribution >= 0.6 is 22.7 Å². The Bertz CT molecular complexity index is 1200. The SMILES string of the molecule is O=C(Cn1cnc2scc(-c3cccs3)c2c1=O)OCCCOc1ccc(F)cc1. The molecule has 0 spiro atoms. The Morgan fingerprint density at radius 3 is 2.73 bits per heavy atom. The Morgan fingerprint density at radius 1 is 1.13 bits per heavy atom. The molecule has 0 atom stereocenters. The van der Waals surface area contributed by atoms with E-state index in [-0.39, 0.29) is 24.5 Å². The van der Waals surface area contributed by atoms with Crippen LogP contribution in [0.4, 0.5) is 4.39 Å². The molecule has 1 aromatic carbocycles. The standard InChI is InChI=1S/C21H17FN2O4S2/c22-14-4-6-15(7-5-14)27-8-2-9-28-18(25)11-24-13-23-20-19(21(24)26)16(12-30-20)17-3-1-10-29-17/h1,3-7,10,12-13H,2,8-9,11H2. The summed E-state index contributed by atoms with van der Waals surface area (Å²) in [4.78, 5) is 31.0. The molecule has 0 bridgehead atoms. The predicted octanol–water partition coefficient (Wildman–Crippen LogP) is 4.34. The zero-order valence-electron chi connectivity index (χ0n) is 15.7. The molecule has 0 radical (unpaired) electrons. The Morgan fingerprint density at radius 2 is 1.97 bits per heavy atom. The van der Waals surface area contributed by atoms with Gasteiger partial charge in [-0.1, -0.05) is 6.07 Å². The first-order valence-corrected chi connectivity index (χ1v) is 10.9. The fourth-order valence-electron chi connectivity index (χ4n) is 2.84. The van der Waals surface area contributed by atoms with Crippen molar-refractivity contribution >= 4 is 38.9 Å². The van der Waals surface area contributed by atoms with Crippen molar-refractivity contribution in [2.45, 2.75) is 13.0 Å². The van der Waals surface area contributed by atoms with Gasteiger partial charge in [-0.3, -0.25) is 14.2 Å². The molecule has 0 aliphatic heterocycles. The molecule has 154 valence electrons. The monoisotopic (exact) mass is 444 g/mol. The van der Waals surface area contributed by atoms with Gasteiger partial charge in [0.1, 0.15) is 22.9 Å². The minimum atomic E-state index is -0.520. The fraction of sp³-hybridized carbons (Fsp3) is 0.190. The van der Waals surface area contributed by atoms with Crippen LogP contribution in [0.25, 0.3) is 20.7 Å². The number of ether oxygens (including phenoxy) is 2. The molecule has 0 amide bonds. The summed E-state index contributed by atoms with van der Waals surface area (Å²) in [6, 6.07) is 9.57. The van der Waals surface area contributed by atoms with Gasteiger partial charge in [0.25, 0.3) is 5.56 Å². The number of hydrogen-bond donors (Lipinski definition) is 0. The van der Waals surface area contributed by atoms with E-state index in [0.717, 1.165) is 10.4 Å². The third kappa shape index (κ3) is 4.58. The van der Waals surface area contributed by atoms with Crippen molar-refractivity contribution in [3.8, 4) is 16.2 Å². The lowest BCUT2D eigenvalue weighted by Gasteiger charge is -2.08. The number of esters is 1. The van der Waals surface area contributed by atoms with Crippen molar-refractivity contribution in [3.05, 3.63) is 69.7 Å². The van der Waals surface area contributed by atoms with Crippen LogP contribution in [-0.2, 0) is 16.1 Å². The number of nitrogens with zero attached hydrogens (tertiary/aromatic N) is 2. The van der Waals surface area contributed by atoms with Crippen LogP contribution in [0.15, 0.2) is 58.3 Å². The highest BCUT2D eigenvalue weighted by atomic mass is 32.1. The van der Waals surface area contributed by atoms with Crippen molar-refractivity contribution in [1.82, 2.24) is 9.55 Å². The van der Waals surface area contributed by atoms with Gasteiger partial charge in [-0.25, -0.2) is 9.37 Å². The molecule has 0 saturated carbocycles. The fourth-order valence-corrected chi connectivity index (χ4v) is 4.56. The molecule has 3 heterocycles. The minimum Gasteiger partial charge on any atom is -0.493 e. The van der Waals surface area contributed by atoms with Crippen molar-refractivity contribution in [1.29, 1.82) is 0 Å². The molecular formula is C21H17FN2O4S2. The summed E-state index contributed by atoms with van der Waals surface area (Å²) in [6.07, 6.45) is 1.85. The normalized spacial score (nSPS) is 11.0. The van der Waals surface area contributed by atoms with Crippen LogP contribution in [0.3, 0.4) is 0 Å². The molecule has 4 rings (SSSR count). The summed E-state index contributed by atoms with van der Waals surface area (Å²) < 4.78 is 24.8. The predicted molar refractivity (Wildman–Crippen MR) is 115 cm³/mol. The minimum absolute atomic E-state index is 0.156. The molecule has 30 heavy (non-hydrogen) atoms.